The standard InChI is InChI=1S/C15H20FNO3/c16-9-11-8-12(14(19)15(20)13(11)18)17-7-6-10-4-2-1-3-5-10/h1-5,8,12-15,17-20H,6-7,9H2/t12-,13+,14+,15+/m1/s1. The summed E-state index contributed by atoms with van der Waals surface area (Å²) in [6.07, 6.45) is -1.60. The van der Waals surface area contributed by atoms with Gasteiger partial charge in [0.1, 0.15) is 25.0 Å². The maximum absolute atomic E-state index is 12.7. The van der Waals surface area contributed by atoms with Crippen LogP contribution < -0.4 is 5.32 Å². The predicted octanol–water partition coefficient (Wildman–Crippen LogP) is 0.179. The molecule has 1 aromatic carbocycles. The molecule has 0 heterocycles. The molecule has 2 rings (SSSR count). The molecule has 0 amide bonds. The fraction of sp³-hybridized carbons (Fsp3) is 0.467. The lowest BCUT2D eigenvalue weighted by molar-refractivity contribution is -0.0628. The number of rotatable bonds is 5. The lowest BCUT2D eigenvalue weighted by atomic mass is 9.88. The van der Waals surface area contributed by atoms with Crippen molar-refractivity contribution in [1.29, 1.82) is 0 Å². The fourth-order valence-corrected chi connectivity index (χ4v) is 2.38. The molecule has 0 unspecified atom stereocenters. The minimum Gasteiger partial charge on any atom is -0.388 e. The third-order valence-electron chi connectivity index (χ3n) is 3.61. The van der Waals surface area contributed by atoms with Crippen molar-refractivity contribution >= 4 is 0 Å². The normalized spacial score (nSPS) is 30.1. The summed E-state index contributed by atoms with van der Waals surface area (Å²) in [5, 5.41) is 32.2. The first-order valence-electron chi connectivity index (χ1n) is 6.71. The van der Waals surface area contributed by atoms with Crippen LogP contribution in [0.5, 0.6) is 0 Å². The van der Waals surface area contributed by atoms with Crippen LogP contribution in [0, 0.1) is 0 Å². The number of hydrogen-bond donors (Lipinski definition) is 4. The second-order valence-corrected chi connectivity index (χ2v) is 5.02. The summed E-state index contributed by atoms with van der Waals surface area (Å²) in [7, 11) is 0. The van der Waals surface area contributed by atoms with Gasteiger partial charge in [-0.3, -0.25) is 0 Å². The number of benzene rings is 1. The van der Waals surface area contributed by atoms with Gasteiger partial charge in [-0.1, -0.05) is 36.4 Å². The highest BCUT2D eigenvalue weighted by Gasteiger charge is 2.36. The predicted molar refractivity (Wildman–Crippen MR) is 74.0 cm³/mol. The Kier molecular flexibility index (Phi) is 5.25. The molecule has 0 fully saturated rings. The number of hydrogen-bond acceptors (Lipinski definition) is 4. The summed E-state index contributed by atoms with van der Waals surface area (Å²) in [6.45, 7) is -0.244. The highest BCUT2D eigenvalue weighted by Crippen LogP contribution is 2.20. The molecule has 0 bridgehead atoms. The van der Waals surface area contributed by atoms with Crippen LogP contribution in [0.15, 0.2) is 42.0 Å². The van der Waals surface area contributed by atoms with E-state index in [1.54, 1.807) is 0 Å². The maximum atomic E-state index is 12.7. The molecule has 0 saturated heterocycles. The Morgan fingerprint density at radius 2 is 1.75 bits per heavy atom. The van der Waals surface area contributed by atoms with Crippen molar-refractivity contribution in [2.75, 3.05) is 13.2 Å². The van der Waals surface area contributed by atoms with Crippen LogP contribution in [0.1, 0.15) is 5.56 Å². The first-order chi connectivity index (χ1) is 9.63. The van der Waals surface area contributed by atoms with Gasteiger partial charge in [-0.05, 0) is 24.1 Å². The monoisotopic (exact) mass is 281 g/mol. The minimum absolute atomic E-state index is 0.111. The van der Waals surface area contributed by atoms with E-state index < -0.39 is 31.0 Å². The van der Waals surface area contributed by atoms with E-state index >= 15 is 0 Å². The summed E-state index contributed by atoms with van der Waals surface area (Å²) in [4.78, 5) is 0. The molecule has 1 aliphatic carbocycles. The molecule has 5 heteroatoms. The number of aliphatic hydroxyl groups excluding tert-OH is 3. The molecule has 1 aromatic rings. The molecule has 0 aliphatic heterocycles. The van der Waals surface area contributed by atoms with Gasteiger partial charge in [0.15, 0.2) is 0 Å². The third-order valence-corrected chi connectivity index (χ3v) is 3.61. The Labute approximate surface area is 117 Å². The molecule has 0 aromatic heterocycles. The minimum atomic E-state index is -1.36. The van der Waals surface area contributed by atoms with E-state index in [0.717, 1.165) is 12.0 Å². The van der Waals surface area contributed by atoms with Crippen LogP contribution in [0.2, 0.25) is 0 Å². The smallest absolute Gasteiger partial charge is 0.113 e. The fourth-order valence-electron chi connectivity index (χ4n) is 2.38. The third kappa shape index (κ3) is 3.43. The van der Waals surface area contributed by atoms with Gasteiger partial charge in [-0.2, -0.15) is 0 Å². The zero-order valence-corrected chi connectivity index (χ0v) is 11.1. The van der Waals surface area contributed by atoms with Crippen LogP contribution in [0.25, 0.3) is 0 Å². The van der Waals surface area contributed by atoms with Crippen molar-refractivity contribution in [3.63, 3.8) is 0 Å². The van der Waals surface area contributed by atoms with Gasteiger partial charge >= 0.3 is 0 Å². The van der Waals surface area contributed by atoms with Crippen LogP contribution in [-0.2, 0) is 6.42 Å². The van der Waals surface area contributed by atoms with E-state index in [9.17, 15) is 19.7 Å². The topological polar surface area (TPSA) is 72.7 Å². The first kappa shape index (κ1) is 15.1. The van der Waals surface area contributed by atoms with Crippen molar-refractivity contribution in [3.8, 4) is 0 Å². The van der Waals surface area contributed by atoms with Gasteiger partial charge in [0.25, 0.3) is 0 Å². The van der Waals surface area contributed by atoms with E-state index in [1.807, 2.05) is 30.3 Å². The van der Waals surface area contributed by atoms with Gasteiger partial charge in [0, 0.05) is 0 Å². The van der Waals surface area contributed by atoms with Gasteiger partial charge in [-0.15, -0.1) is 0 Å². The molecule has 20 heavy (non-hydrogen) atoms. The van der Waals surface area contributed by atoms with Crippen molar-refractivity contribution in [3.05, 3.63) is 47.5 Å². The van der Waals surface area contributed by atoms with Crippen LogP contribution in [-0.4, -0.2) is 52.9 Å². The highest BCUT2D eigenvalue weighted by molar-refractivity contribution is 5.22. The lowest BCUT2D eigenvalue weighted by Crippen LogP contribution is -2.54. The molecule has 1 aliphatic rings. The van der Waals surface area contributed by atoms with E-state index in [0.29, 0.717) is 6.54 Å². The van der Waals surface area contributed by atoms with E-state index in [4.69, 9.17) is 0 Å². The summed E-state index contributed by atoms with van der Waals surface area (Å²) < 4.78 is 12.7. The van der Waals surface area contributed by atoms with Crippen LogP contribution in [0.3, 0.4) is 0 Å². The van der Waals surface area contributed by atoms with Crippen molar-refractivity contribution in [2.24, 2.45) is 0 Å². The molecule has 0 saturated carbocycles. The van der Waals surface area contributed by atoms with E-state index in [2.05, 4.69) is 5.32 Å². The first-order valence-corrected chi connectivity index (χ1v) is 6.71. The second kappa shape index (κ2) is 6.95. The zero-order valence-electron chi connectivity index (χ0n) is 11.1. The van der Waals surface area contributed by atoms with Crippen molar-refractivity contribution in [1.82, 2.24) is 5.32 Å². The Morgan fingerprint density at radius 1 is 1.05 bits per heavy atom. The number of aliphatic hydroxyl groups is 3. The average Bonchev–Trinajstić information content (AvgIpc) is 2.48. The molecule has 4 nitrogen and oxygen atoms in total. The molecular weight excluding hydrogens is 261 g/mol. The summed E-state index contributed by atoms with van der Waals surface area (Å²) in [5.74, 6) is 0. The number of halogens is 1. The second-order valence-electron chi connectivity index (χ2n) is 5.02. The molecule has 4 atom stereocenters. The Balaban J connectivity index is 1.93. The molecule has 0 radical (unpaired) electrons. The summed E-state index contributed by atoms with van der Waals surface area (Å²) in [6, 6.07) is 9.29. The molecule has 110 valence electrons. The Bertz CT molecular complexity index is 452. The highest BCUT2D eigenvalue weighted by atomic mass is 19.1. The maximum Gasteiger partial charge on any atom is 0.113 e. The Hall–Kier alpha value is -1.27. The van der Waals surface area contributed by atoms with E-state index in [1.165, 1.54) is 6.08 Å². The SMILES string of the molecule is O[C@@H]1[C@@H](O)[C@@H](O)C(CF)=C[C@H]1NCCc1ccccc1. The number of alkyl halides is 1. The van der Waals surface area contributed by atoms with Gasteiger partial charge in [0.05, 0.1) is 6.04 Å². The summed E-state index contributed by atoms with van der Waals surface area (Å²) >= 11 is 0. The molecule has 0 spiro atoms. The lowest BCUT2D eigenvalue weighted by Gasteiger charge is -2.34. The summed E-state index contributed by atoms with van der Waals surface area (Å²) in [5.41, 5.74) is 1.26. The van der Waals surface area contributed by atoms with Gasteiger partial charge < -0.3 is 20.6 Å². The largest absolute Gasteiger partial charge is 0.388 e. The molecule has 4 N–H and O–H groups in total. The number of nitrogens with one attached hydrogen (secondary N) is 1. The van der Waals surface area contributed by atoms with Crippen molar-refractivity contribution in [2.45, 2.75) is 30.8 Å². The molecular formula is C15H20FNO3. The van der Waals surface area contributed by atoms with E-state index in [-0.39, 0.29) is 5.57 Å². The zero-order chi connectivity index (χ0) is 14.5. The van der Waals surface area contributed by atoms with Crippen molar-refractivity contribution < 1.29 is 19.7 Å². The van der Waals surface area contributed by atoms with Crippen LogP contribution >= 0.6 is 0 Å². The average molecular weight is 281 g/mol. The quantitative estimate of drug-likeness (QED) is 0.581. The van der Waals surface area contributed by atoms with Crippen LogP contribution in [0.4, 0.5) is 4.39 Å². The van der Waals surface area contributed by atoms with Gasteiger partial charge in [0.2, 0.25) is 0 Å². The van der Waals surface area contributed by atoms with Gasteiger partial charge in [-0.25, -0.2) is 4.39 Å². The Morgan fingerprint density at radius 3 is 2.40 bits per heavy atom.